The molecule has 1 N–H and O–H groups in total. The van der Waals surface area contributed by atoms with Crippen LogP contribution in [0.2, 0.25) is 0 Å². The van der Waals surface area contributed by atoms with Crippen LogP contribution >= 0.6 is 0 Å². The quantitative estimate of drug-likeness (QED) is 0.776. The summed E-state index contributed by atoms with van der Waals surface area (Å²) in [6.45, 7) is 2.06. The van der Waals surface area contributed by atoms with E-state index in [0.717, 1.165) is 16.6 Å². The van der Waals surface area contributed by atoms with Gasteiger partial charge in [0.15, 0.2) is 11.5 Å². The van der Waals surface area contributed by atoms with Crippen molar-refractivity contribution < 1.29 is 14.3 Å². The minimum atomic E-state index is -0.248. The number of benzene rings is 2. The lowest BCUT2D eigenvalue weighted by Crippen LogP contribution is -2.19. The number of carbonyl (C=O) groups is 1. The molecule has 25 heavy (non-hydrogen) atoms. The number of rotatable bonds is 2. The van der Waals surface area contributed by atoms with Gasteiger partial charge < -0.3 is 14.8 Å². The highest BCUT2D eigenvalue weighted by molar-refractivity contribution is 6.06. The Morgan fingerprint density at radius 2 is 1.72 bits per heavy atom. The van der Waals surface area contributed by atoms with Gasteiger partial charge in [-0.05, 0) is 42.8 Å². The van der Waals surface area contributed by atoms with Crippen molar-refractivity contribution in [3.63, 3.8) is 0 Å². The molecule has 0 atom stereocenters. The van der Waals surface area contributed by atoms with Crippen molar-refractivity contribution >= 4 is 22.6 Å². The summed E-state index contributed by atoms with van der Waals surface area (Å²) in [6, 6.07) is 8.77. The maximum Gasteiger partial charge on any atom is 0.328 e. The maximum absolute atomic E-state index is 12.6. The largest absolute Gasteiger partial charge is 0.454 e. The Morgan fingerprint density at radius 3 is 2.48 bits per heavy atom. The molecule has 128 valence electrons. The van der Waals surface area contributed by atoms with Gasteiger partial charge in [-0.25, -0.2) is 4.79 Å². The first-order valence-corrected chi connectivity index (χ1v) is 7.83. The average molecular weight is 339 g/mol. The Kier molecular flexibility index (Phi) is 3.31. The van der Waals surface area contributed by atoms with Crippen LogP contribution in [0, 0.1) is 6.92 Å². The van der Waals surface area contributed by atoms with Crippen molar-refractivity contribution in [2.24, 2.45) is 14.1 Å². The molecule has 1 aromatic heterocycles. The number of ether oxygens (including phenoxy) is 2. The van der Waals surface area contributed by atoms with Crippen molar-refractivity contribution in [1.29, 1.82) is 0 Å². The third kappa shape index (κ3) is 2.36. The maximum atomic E-state index is 12.6. The Labute approximate surface area is 143 Å². The fourth-order valence-electron chi connectivity index (χ4n) is 3.02. The molecule has 0 saturated heterocycles. The van der Waals surface area contributed by atoms with Crippen molar-refractivity contribution in [3.8, 4) is 11.5 Å². The smallest absolute Gasteiger partial charge is 0.328 e. The molecule has 0 unspecified atom stereocenters. The van der Waals surface area contributed by atoms with Gasteiger partial charge in [-0.1, -0.05) is 0 Å². The standard InChI is InChI=1S/C18H17N3O4/c1-10-6-13-14(21(3)18(23)20(13)2)8-12(10)19-17(22)11-4-5-15-16(7-11)25-9-24-15/h4-8H,9H2,1-3H3,(H,19,22). The lowest BCUT2D eigenvalue weighted by Gasteiger charge is -2.10. The van der Waals surface area contributed by atoms with E-state index in [4.69, 9.17) is 9.47 Å². The molecule has 0 bridgehead atoms. The molecule has 0 saturated carbocycles. The molecular weight excluding hydrogens is 322 g/mol. The normalized spacial score (nSPS) is 12.6. The van der Waals surface area contributed by atoms with Crippen LogP contribution < -0.4 is 20.5 Å². The molecule has 2 aromatic carbocycles. The summed E-state index contributed by atoms with van der Waals surface area (Å²) >= 11 is 0. The summed E-state index contributed by atoms with van der Waals surface area (Å²) in [4.78, 5) is 24.7. The van der Waals surface area contributed by atoms with E-state index in [1.165, 1.54) is 0 Å². The number of aromatic nitrogens is 2. The number of aryl methyl sites for hydroxylation is 3. The van der Waals surface area contributed by atoms with Crippen molar-refractivity contribution in [2.75, 3.05) is 12.1 Å². The molecule has 3 aromatic rings. The Morgan fingerprint density at radius 1 is 1.04 bits per heavy atom. The van der Waals surface area contributed by atoms with E-state index in [1.807, 2.05) is 19.1 Å². The molecule has 1 aliphatic rings. The summed E-state index contributed by atoms with van der Waals surface area (Å²) in [5, 5.41) is 2.91. The van der Waals surface area contributed by atoms with Crippen molar-refractivity contribution in [2.45, 2.75) is 6.92 Å². The van der Waals surface area contributed by atoms with Gasteiger partial charge in [0.1, 0.15) is 0 Å². The van der Waals surface area contributed by atoms with Crippen LogP contribution in [0.4, 0.5) is 5.69 Å². The topological polar surface area (TPSA) is 74.5 Å². The fourth-order valence-corrected chi connectivity index (χ4v) is 3.02. The highest BCUT2D eigenvalue weighted by Gasteiger charge is 2.17. The predicted molar refractivity (Wildman–Crippen MR) is 93.4 cm³/mol. The van der Waals surface area contributed by atoms with Gasteiger partial charge in [-0.2, -0.15) is 0 Å². The number of anilines is 1. The summed E-state index contributed by atoms with van der Waals surface area (Å²) in [5.41, 5.74) is 3.50. The highest BCUT2D eigenvalue weighted by atomic mass is 16.7. The highest BCUT2D eigenvalue weighted by Crippen LogP contribution is 2.33. The van der Waals surface area contributed by atoms with E-state index in [9.17, 15) is 9.59 Å². The lowest BCUT2D eigenvalue weighted by molar-refractivity contribution is 0.102. The number of amides is 1. The second kappa shape index (κ2) is 5.41. The Hall–Kier alpha value is -3.22. The zero-order chi connectivity index (χ0) is 17.7. The van der Waals surface area contributed by atoms with Gasteiger partial charge in [-0.15, -0.1) is 0 Å². The molecular formula is C18H17N3O4. The molecule has 1 aliphatic heterocycles. The van der Waals surface area contributed by atoms with Crippen LogP contribution in [-0.4, -0.2) is 21.8 Å². The fraction of sp³-hybridized carbons (Fsp3) is 0.222. The molecule has 0 fully saturated rings. The predicted octanol–water partition coefficient (Wildman–Crippen LogP) is 2.17. The van der Waals surface area contributed by atoms with E-state index in [2.05, 4.69) is 5.32 Å². The summed E-state index contributed by atoms with van der Waals surface area (Å²) in [7, 11) is 3.44. The molecule has 0 spiro atoms. The molecule has 2 heterocycles. The molecule has 1 amide bonds. The monoisotopic (exact) mass is 339 g/mol. The molecule has 0 radical (unpaired) electrons. The minimum absolute atomic E-state index is 0.103. The first kappa shape index (κ1) is 15.3. The van der Waals surface area contributed by atoms with Crippen LogP contribution in [0.5, 0.6) is 11.5 Å². The number of nitrogens with one attached hydrogen (secondary N) is 1. The SMILES string of the molecule is Cc1cc2c(cc1NC(=O)c1ccc3c(c1)OCO3)n(C)c(=O)n2C. The number of fused-ring (bicyclic) bond motifs is 2. The van der Waals surface area contributed by atoms with Gasteiger partial charge in [-0.3, -0.25) is 13.9 Å². The average Bonchev–Trinajstić information content (AvgIpc) is 3.15. The number of hydrogen-bond donors (Lipinski definition) is 1. The van der Waals surface area contributed by atoms with Gasteiger partial charge in [0.25, 0.3) is 5.91 Å². The van der Waals surface area contributed by atoms with E-state index < -0.39 is 0 Å². The zero-order valence-corrected chi connectivity index (χ0v) is 14.1. The summed E-state index contributed by atoms with van der Waals surface area (Å²) in [6.07, 6.45) is 0. The first-order valence-electron chi connectivity index (χ1n) is 7.83. The van der Waals surface area contributed by atoms with Crippen molar-refractivity contribution in [3.05, 3.63) is 51.9 Å². The lowest BCUT2D eigenvalue weighted by atomic mass is 10.1. The third-order valence-corrected chi connectivity index (χ3v) is 4.50. The van der Waals surface area contributed by atoms with E-state index in [0.29, 0.717) is 22.7 Å². The number of hydrogen-bond acceptors (Lipinski definition) is 4. The first-order chi connectivity index (χ1) is 12.0. The summed E-state index contributed by atoms with van der Waals surface area (Å²) in [5.74, 6) is 0.945. The zero-order valence-electron chi connectivity index (χ0n) is 14.1. The van der Waals surface area contributed by atoms with E-state index in [-0.39, 0.29) is 18.4 Å². The molecule has 7 heteroatoms. The number of carbonyl (C=O) groups excluding carboxylic acids is 1. The Bertz CT molecular complexity index is 1080. The van der Waals surface area contributed by atoms with E-state index in [1.54, 1.807) is 41.4 Å². The number of nitrogens with zero attached hydrogens (tertiary/aromatic N) is 2. The second-order valence-corrected chi connectivity index (χ2v) is 6.08. The Balaban J connectivity index is 1.70. The van der Waals surface area contributed by atoms with Crippen LogP contribution in [0.25, 0.3) is 11.0 Å². The van der Waals surface area contributed by atoms with Gasteiger partial charge in [0.05, 0.1) is 11.0 Å². The van der Waals surface area contributed by atoms with Crippen LogP contribution in [-0.2, 0) is 14.1 Å². The molecule has 4 rings (SSSR count). The van der Waals surface area contributed by atoms with Crippen molar-refractivity contribution in [1.82, 2.24) is 9.13 Å². The number of imidazole rings is 1. The molecule has 0 aliphatic carbocycles. The summed E-state index contributed by atoms with van der Waals surface area (Å²) < 4.78 is 13.7. The van der Waals surface area contributed by atoms with Gasteiger partial charge in [0.2, 0.25) is 6.79 Å². The second-order valence-electron chi connectivity index (χ2n) is 6.08. The minimum Gasteiger partial charge on any atom is -0.454 e. The molecule has 7 nitrogen and oxygen atoms in total. The van der Waals surface area contributed by atoms with Crippen LogP contribution in [0.3, 0.4) is 0 Å². The van der Waals surface area contributed by atoms with E-state index >= 15 is 0 Å². The van der Waals surface area contributed by atoms with Gasteiger partial charge >= 0.3 is 5.69 Å². The van der Waals surface area contributed by atoms with Crippen LogP contribution in [0.1, 0.15) is 15.9 Å². The third-order valence-electron chi connectivity index (χ3n) is 4.50. The van der Waals surface area contributed by atoms with Crippen LogP contribution in [0.15, 0.2) is 35.1 Å². The van der Waals surface area contributed by atoms with Gasteiger partial charge in [0, 0.05) is 25.3 Å².